The maximum absolute atomic E-state index is 12.9. The van der Waals surface area contributed by atoms with Crippen molar-refractivity contribution in [3.05, 3.63) is 17.0 Å². The predicted molar refractivity (Wildman–Crippen MR) is 61.1 cm³/mol. The molecule has 0 fully saturated rings. The molecular formula is C12H14F2N2O3. The van der Waals surface area contributed by atoms with Gasteiger partial charge in [0.2, 0.25) is 0 Å². The lowest BCUT2D eigenvalue weighted by molar-refractivity contribution is -0.144. The summed E-state index contributed by atoms with van der Waals surface area (Å²) < 4.78 is 31.6. The lowest BCUT2D eigenvalue weighted by Gasteiger charge is -2.12. The van der Waals surface area contributed by atoms with E-state index in [9.17, 15) is 18.4 Å². The molecule has 1 aliphatic rings. The van der Waals surface area contributed by atoms with Crippen molar-refractivity contribution < 1.29 is 23.1 Å². The molecule has 0 unspecified atom stereocenters. The number of carbonyl (C=O) groups is 2. The Morgan fingerprint density at radius 1 is 1.47 bits per heavy atom. The number of alkyl halides is 2. The van der Waals surface area contributed by atoms with Crippen LogP contribution in [0, 0.1) is 0 Å². The van der Waals surface area contributed by atoms with E-state index < -0.39 is 18.1 Å². The van der Waals surface area contributed by atoms with Gasteiger partial charge in [-0.1, -0.05) is 0 Å². The molecule has 1 aliphatic carbocycles. The molecule has 2 rings (SSSR count). The number of hydrogen-bond donors (Lipinski definition) is 0. The van der Waals surface area contributed by atoms with E-state index in [1.807, 2.05) is 0 Å². The van der Waals surface area contributed by atoms with Crippen molar-refractivity contribution >= 4 is 11.8 Å². The van der Waals surface area contributed by atoms with E-state index in [-0.39, 0.29) is 30.2 Å². The Morgan fingerprint density at radius 3 is 2.84 bits per heavy atom. The van der Waals surface area contributed by atoms with E-state index in [2.05, 4.69) is 5.10 Å². The maximum atomic E-state index is 12.9. The number of fused-ring (bicyclic) bond motifs is 1. The zero-order valence-corrected chi connectivity index (χ0v) is 10.5. The number of Topliss-reactive ketones (excluding diaryl/α,β-unsaturated/α-hetero) is 1. The minimum absolute atomic E-state index is 0.134. The average molecular weight is 272 g/mol. The summed E-state index contributed by atoms with van der Waals surface area (Å²) in [7, 11) is 0. The number of ether oxygens (including phenoxy) is 1. The van der Waals surface area contributed by atoms with Gasteiger partial charge in [0.05, 0.1) is 6.61 Å². The monoisotopic (exact) mass is 272 g/mol. The van der Waals surface area contributed by atoms with Gasteiger partial charge >= 0.3 is 5.97 Å². The molecule has 1 aromatic rings. The minimum atomic E-state index is -2.75. The quantitative estimate of drug-likeness (QED) is 0.785. The van der Waals surface area contributed by atoms with Crippen LogP contribution in [-0.4, -0.2) is 28.1 Å². The lowest BCUT2D eigenvalue weighted by atomic mass is 9.94. The van der Waals surface area contributed by atoms with Crippen LogP contribution in [0.3, 0.4) is 0 Å². The molecule has 0 radical (unpaired) electrons. The van der Waals surface area contributed by atoms with Crippen LogP contribution < -0.4 is 0 Å². The summed E-state index contributed by atoms with van der Waals surface area (Å²) in [6.45, 7) is 1.53. The number of carbonyl (C=O) groups excluding carboxylic acids is 2. The summed E-state index contributed by atoms with van der Waals surface area (Å²) in [6, 6.07) is 0. The SMILES string of the molecule is CCOC(=O)Cn1nc(C(F)F)c2c1C(=O)CCC2. The first-order valence-corrected chi connectivity index (χ1v) is 6.11. The second-order valence-corrected chi connectivity index (χ2v) is 4.25. The molecule has 104 valence electrons. The van der Waals surface area contributed by atoms with Gasteiger partial charge in [-0.2, -0.15) is 5.10 Å². The summed E-state index contributed by atoms with van der Waals surface area (Å²) in [6.07, 6.45) is -1.52. The van der Waals surface area contributed by atoms with Crippen molar-refractivity contribution in [2.75, 3.05) is 6.61 Å². The van der Waals surface area contributed by atoms with Gasteiger partial charge in [0.15, 0.2) is 5.78 Å². The number of rotatable bonds is 4. The molecule has 19 heavy (non-hydrogen) atoms. The van der Waals surface area contributed by atoms with Crippen molar-refractivity contribution in [2.24, 2.45) is 0 Å². The zero-order chi connectivity index (χ0) is 14.0. The lowest BCUT2D eigenvalue weighted by Crippen LogP contribution is -2.21. The normalized spacial score (nSPS) is 14.6. The van der Waals surface area contributed by atoms with E-state index in [0.717, 1.165) is 4.68 Å². The van der Waals surface area contributed by atoms with Gasteiger partial charge in [-0.15, -0.1) is 0 Å². The maximum Gasteiger partial charge on any atom is 0.327 e. The molecule has 0 aromatic carbocycles. The van der Waals surface area contributed by atoms with Gasteiger partial charge in [-0.25, -0.2) is 13.5 Å². The molecule has 0 saturated heterocycles. The van der Waals surface area contributed by atoms with Crippen LogP contribution in [0.2, 0.25) is 0 Å². The molecule has 1 aromatic heterocycles. The number of ketones is 1. The third-order valence-corrected chi connectivity index (χ3v) is 2.97. The Morgan fingerprint density at radius 2 is 2.21 bits per heavy atom. The topological polar surface area (TPSA) is 61.2 Å². The summed E-state index contributed by atoms with van der Waals surface area (Å²) in [5.41, 5.74) is 0.0116. The molecule has 0 amide bonds. The summed E-state index contributed by atoms with van der Waals surface area (Å²) in [5, 5.41) is 3.71. The molecule has 1 heterocycles. The van der Waals surface area contributed by atoms with Gasteiger partial charge in [-0.05, 0) is 19.8 Å². The average Bonchev–Trinajstić information content (AvgIpc) is 2.70. The summed E-state index contributed by atoms with van der Waals surface area (Å²) >= 11 is 0. The molecule has 0 spiro atoms. The second kappa shape index (κ2) is 5.46. The first kappa shape index (κ1) is 13.6. The highest BCUT2D eigenvalue weighted by Crippen LogP contribution is 2.30. The minimum Gasteiger partial charge on any atom is -0.465 e. The van der Waals surface area contributed by atoms with Gasteiger partial charge < -0.3 is 4.74 Å². The van der Waals surface area contributed by atoms with Crippen molar-refractivity contribution in [3.8, 4) is 0 Å². The highest BCUT2D eigenvalue weighted by molar-refractivity contribution is 5.97. The van der Waals surface area contributed by atoms with E-state index in [0.29, 0.717) is 19.3 Å². The molecule has 7 heteroatoms. The number of aromatic nitrogens is 2. The first-order valence-electron chi connectivity index (χ1n) is 6.11. The Balaban J connectivity index is 2.38. The molecular weight excluding hydrogens is 258 g/mol. The Bertz CT molecular complexity index is 511. The van der Waals surface area contributed by atoms with Crippen LogP contribution in [0.15, 0.2) is 0 Å². The van der Waals surface area contributed by atoms with Gasteiger partial charge in [0, 0.05) is 12.0 Å². The van der Waals surface area contributed by atoms with Crippen LogP contribution in [0.5, 0.6) is 0 Å². The van der Waals surface area contributed by atoms with Crippen molar-refractivity contribution in [1.82, 2.24) is 9.78 Å². The molecule has 0 aliphatic heterocycles. The van der Waals surface area contributed by atoms with Gasteiger partial charge in [0.1, 0.15) is 17.9 Å². The molecule has 0 bridgehead atoms. The van der Waals surface area contributed by atoms with Gasteiger partial charge in [-0.3, -0.25) is 9.59 Å². The fourth-order valence-corrected chi connectivity index (χ4v) is 2.24. The highest BCUT2D eigenvalue weighted by atomic mass is 19.3. The van der Waals surface area contributed by atoms with Crippen LogP contribution in [-0.2, 0) is 22.5 Å². The van der Waals surface area contributed by atoms with Crippen molar-refractivity contribution in [1.29, 1.82) is 0 Å². The van der Waals surface area contributed by atoms with E-state index in [1.54, 1.807) is 6.92 Å². The van der Waals surface area contributed by atoms with Crippen molar-refractivity contribution in [3.63, 3.8) is 0 Å². The third kappa shape index (κ3) is 2.64. The van der Waals surface area contributed by atoms with E-state index in [4.69, 9.17) is 4.74 Å². The van der Waals surface area contributed by atoms with Crippen LogP contribution in [0.4, 0.5) is 8.78 Å². The van der Waals surface area contributed by atoms with Crippen LogP contribution in [0.25, 0.3) is 0 Å². The second-order valence-electron chi connectivity index (χ2n) is 4.25. The molecule has 0 atom stereocenters. The fourth-order valence-electron chi connectivity index (χ4n) is 2.24. The van der Waals surface area contributed by atoms with E-state index >= 15 is 0 Å². The summed E-state index contributed by atoms with van der Waals surface area (Å²) in [5.74, 6) is -0.836. The number of halogens is 2. The predicted octanol–water partition coefficient (Wildman–Crippen LogP) is 1.90. The third-order valence-electron chi connectivity index (χ3n) is 2.97. The van der Waals surface area contributed by atoms with E-state index in [1.165, 1.54) is 0 Å². The largest absolute Gasteiger partial charge is 0.465 e. The smallest absolute Gasteiger partial charge is 0.327 e. The van der Waals surface area contributed by atoms with Gasteiger partial charge in [0.25, 0.3) is 6.43 Å². The number of nitrogens with zero attached hydrogens (tertiary/aromatic N) is 2. The number of esters is 1. The van der Waals surface area contributed by atoms with Crippen molar-refractivity contribution in [2.45, 2.75) is 39.2 Å². The fraction of sp³-hybridized carbons (Fsp3) is 0.583. The molecule has 0 N–H and O–H groups in total. The standard InChI is InChI=1S/C12H14F2N2O3/c1-2-19-9(18)6-16-11-7(4-3-5-8(11)17)10(15-16)12(13)14/h12H,2-6H2,1H3. The first-order chi connectivity index (χ1) is 9.04. The highest BCUT2D eigenvalue weighted by Gasteiger charge is 2.30. The van der Waals surface area contributed by atoms with Crippen LogP contribution >= 0.6 is 0 Å². The molecule has 0 saturated carbocycles. The Hall–Kier alpha value is -1.79. The Kier molecular flexibility index (Phi) is 3.92. The van der Waals surface area contributed by atoms with Crippen LogP contribution in [0.1, 0.15) is 47.9 Å². The number of hydrogen-bond acceptors (Lipinski definition) is 4. The molecule has 5 nitrogen and oxygen atoms in total. The summed E-state index contributed by atoms with van der Waals surface area (Å²) in [4.78, 5) is 23.2. The Labute approximate surface area is 108 Å². The zero-order valence-electron chi connectivity index (χ0n) is 10.5.